The summed E-state index contributed by atoms with van der Waals surface area (Å²) >= 11 is 0. The summed E-state index contributed by atoms with van der Waals surface area (Å²) in [6.07, 6.45) is 0.761. The second-order valence-corrected chi connectivity index (χ2v) is 4.97. The van der Waals surface area contributed by atoms with Gasteiger partial charge in [-0.25, -0.2) is 4.98 Å². The zero-order chi connectivity index (χ0) is 13.2. The molecule has 100 valence electrons. The summed E-state index contributed by atoms with van der Waals surface area (Å²) in [4.78, 5) is 16.3. The normalized spacial score (nSPS) is 15.4. The molecule has 1 aliphatic rings. The molecule has 19 heavy (non-hydrogen) atoms. The first-order valence-corrected chi connectivity index (χ1v) is 6.64. The number of aryl methyl sites for hydroxylation is 1. The summed E-state index contributed by atoms with van der Waals surface area (Å²) in [6, 6.07) is 8.07. The fraction of sp³-hybridized carbons (Fsp3) is 0.429. The van der Waals surface area contributed by atoms with Crippen molar-refractivity contribution >= 4 is 16.9 Å². The summed E-state index contributed by atoms with van der Waals surface area (Å²) in [6.45, 7) is 2.25. The molecule has 1 saturated heterocycles. The summed E-state index contributed by atoms with van der Waals surface area (Å²) in [5.41, 5.74) is 2.14. The van der Waals surface area contributed by atoms with Gasteiger partial charge in [-0.2, -0.15) is 0 Å². The molecular formula is C14H18N4O. The number of amides is 1. The first-order valence-electron chi connectivity index (χ1n) is 6.64. The van der Waals surface area contributed by atoms with Crippen LogP contribution in [0.25, 0.3) is 11.0 Å². The number of benzene rings is 1. The lowest BCUT2D eigenvalue weighted by molar-refractivity contribution is -0.126. The van der Waals surface area contributed by atoms with Crippen LogP contribution in [-0.2, 0) is 18.3 Å². The lowest BCUT2D eigenvalue weighted by Crippen LogP contribution is -2.51. The molecule has 0 unspecified atom stereocenters. The average molecular weight is 258 g/mol. The summed E-state index contributed by atoms with van der Waals surface area (Å²) in [5.74, 6) is 1.31. The van der Waals surface area contributed by atoms with Crippen LogP contribution in [0.5, 0.6) is 0 Å². The highest BCUT2D eigenvalue weighted by Gasteiger charge is 2.24. The van der Waals surface area contributed by atoms with E-state index in [4.69, 9.17) is 0 Å². The van der Waals surface area contributed by atoms with Gasteiger partial charge in [0.1, 0.15) is 5.82 Å². The molecule has 0 aliphatic carbocycles. The predicted molar refractivity (Wildman–Crippen MR) is 73.8 cm³/mol. The number of rotatable bonds is 4. The molecule has 1 aromatic heterocycles. The van der Waals surface area contributed by atoms with Gasteiger partial charge in [0.25, 0.3) is 0 Å². The van der Waals surface area contributed by atoms with Crippen LogP contribution < -0.4 is 10.6 Å². The minimum Gasteiger partial charge on any atom is -0.355 e. The molecule has 2 N–H and O–H groups in total. The number of aromatic nitrogens is 2. The summed E-state index contributed by atoms with van der Waals surface area (Å²) in [5, 5.41) is 6.07. The standard InChI is InChI=1S/C14H18N4O/c1-18-12-5-3-2-4-11(12)17-13(18)6-7-16-14(19)10-8-15-9-10/h2-5,10,15H,6-9H2,1H3,(H,16,19). The Labute approximate surface area is 112 Å². The van der Waals surface area contributed by atoms with E-state index in [1.807, 2.05) is 25.2 Å². The molecule has 0 radical (unpaired) electrons. The maximum Gasteiger partial charge on any atom is 0.225 e. The molecule has 5 heteroatoms. The zero-order valence-electron chi connectivity index (χ0n) is 11.0. The van der Waals surface area contributed by atoms with Crippen LogP contribution in [0.3, 0.4) is 0 Å². The van der Waals surface area contributed by atoms with Crippen molar-refractivity contribution in [2.45, 2.75) is 6.42 Å². The Balaban J connectivity index is 1.62. The Morgan fingerprint density at radius 3 is 2.95 bits per heavy atom. The summed E-state index contributed by atoms with van der Waals surface area (Å²) in [7, 11) is 2.02. The van der Waals surface area contributed by atoms with Gasteiger partial charge >= 0.3 is 0 Å². The second kappa shape index (κ2) is 5.01. The molecule has 2 heterocycles. The van der Waals surface area contributed by atoms with E-state index in [9.17, 15) is 4.79 Å². The molecule has 0 bridgehead atoms. The number of carbonyl (C=O) groups is 1. The van der Waals surface area contributed by atoms with E-state index in [0.29, 0.717) is 6.54 Å². The van der Waals surface area contributed by atoms with Crippen molar-refractivity contribution in [1.29, 1.82) is 0 Å². The van der Waals surface area contributed by atoms with Gasteiger partial charge in [0, 0.05) is 33.1 Å². The van der Waals surface area contributed by atoms with Gasteiger partial charge in [-0.05, 0) is 12.1 Å². The molecule has 1 amide bonds. The van der Waals surface area contributed by atoms with Crippen LogP contribution >= 0.6 is 0 Å². The van der Waals surface area contributed by atoms with Crippen molar-refractivity contribution < 1.29 is 4.79 Å². The number of carbonyl (C=O) groups excluding carboxylic acids is 1. The van der Waals surface area contributed by atoms with Gasteiger partial charge in [-0.1, -0.05) is 12.1 Å². The molecular weight excluding hydrogens is 240 g/mol. The highest BCUT2D eigenvalue weighted by atomic mass is 16.2. The predicted octanol–water partition coefficient (Wildman–Crippen LogP) is 0.451. The maximum atomic E-state index is 11.7. The Hall–Kier alpha value is -1.88. The lowest BCUT2D eigenvalue weighted by Gasteiger charge is -2.25. The number of hydrogen-bond acceptors (Lipinski definition) is 3. The largest absolute Gasteiger partial charge is 0.355 e. The van der Waals surface area contributed by atoms with Gasteiger partial charge < -0.3 is 15.2 Å². The van der Waals surface area contributed by atoms with Gasteiger partial charge in [-0.3, -0.25) is 4.79 Å². The first kappa shape index (κ1) is 12.2. The fourth-order valence-corrected chi connectivity index (χ4v) is 2.33. The van der Waals surface area contributed by atoms with Gasteiger partial charge in [-0.15, -0.1) is 0 Å². The van der Waals surface area contributed by atoms with E-state index in [1.165, 1.54) is 0 Å². The fourth-order valence-electron chi connectivity index (χ4n) is 2.33. The van der Waals surface area contributed by atoms with Crippen molar-refractivity contribution in [3.63, 3.8) is 0 Å². The molecule has 0 spiro atoms. The number of fused-ring (bicyclic) bond motifs is 1. The third-order valence-corrected chi connectivity index (χ3v) is 3.68. The Morgan fingerprint density at radius 1 is 1.47 bits per heavy atom. The number of nitrogens with one attached hydrogen (secondary N) is 2. The number of nitrogens with zero attached hydrogens (tertiary/aromatic N) is 2. The van der Waals surface area contributed by atoms with Crippen LogP contribution in [0.4, 0.5) is 0 Å². The molecule has 5 nitrogen and oxygen atoms in total. The topological polar surface area (TPSA) is 59.0 Å². The van der Waals surface area contributed by atoms with E-state index in [-0.39, 0.29) is 11.8 Å². The summed E-state index contributed by atoms with van der Waals surface area (Å²) < 4.78 is 2.09. The minimum absolute atomic E-state index is 0.150. The molecule has 1 aliphatic heterocycles. The monoisotopic (exact) mass is 258 g/mol. The van der Waals surface area contributed by atoms with Gasteiger partial charge in [0.2, 0.25) is 5.91 Å². The highest BCUT2D eigenvalue weighted by molar-refractivity contribution is 5.80. The van der Waals surface area contributed by atoms with E-state index in [2.05, 4.69) is 26.3 Å². The van der Waals surface area contributed by atoms with Crippen LogP contribution in [0.1, 0.15) is 5.82 Å². The van der Waals surface area contributed by atoms with Crippen molar-refractivity contribution in [1.82, 2.24) is 20.2 Å². The van der Waals surface area contributed by atoms with Crippen LogP contribution in [0, 0.1) is 5.92 Å². The van der Waals surface area contributed by atoms with Crippen LogP contribution in [0.2, 0.25) is 0 Å². The third-order valence-electron chi connectivity index (χ3n) is 3.68. The third kappa shape index (κ3) is 2.33. The maximum absolute atomic E-state index is 11.7. The zero-order valence-corrected chi connectivity index (χ0v) is 11.0. The van der Waals surface area contributed by atoms with E-state index in [1.54, 1.807) is 0 Å². The van der Waals surface area contributed by atoms with E-state index >= 15 is 0 Å². The minimum atomic E-state index is 0.150. The number of imidazole rings is 1. The first-order chi connectivity index (χ1) is 9.25. The molecule has 0 atom stereocenters. The quantitative estimate of drug-likeness (QED) is 0.837. The Bertz CT molecular complexity index is 601. The van der Waals surface area contributed by atoms with E-state index < -0.39 is 0 Å². The Morgan fingerprint density at radius 2 is 2.26 bits per heavy atom. The van der Waals surface area contributed by atoms with Gasteiger partial charge in [0.05, 0.1) is 17.0 Å². The number of para-hydroxylation sites is 2. The molecule has 1 fully saturated rings. The van der Waals surface area contributed by atoms with Crippen LogP contribution in [-0.4, -0.2) is 35.1 Å². The SMILES string of the molecule is Cn1c(CCNC(=O)C2CNC2)nc2ccccc21. The molecule has 0 saturated carbocycles. The van der Waals surface area contributed by atoms with Crippen molar-refractivity contribution in [2.24, 2.45) is 13.0 Å². The molecule has 2 aromatic rings. The molecule has 3 rings (SSSR count). The highest BCUT2D eigenvalue weighted by Crippen LogP contribution is 2.14. The lowest BCUT2D eigenvalue weighted by atomic mass is 10.0. The van der Waals surface area contributed by atoms with Crippen LogP contribution in [0.15, 0.2) is 24.3 Å². The Kier molecular flexibility index (Phi) is 3.21. The average Bonchev–Trinajstić information content (AvgIpc) is 2.65. The van der Waals surface area contributed by atoms with Crippen molar-refractivity contribution in [3.05, 3.63) is 30.1 Å². The smallest absolute Gasteiger partial charge is 0.225 e. The molecule has 1 aromatic carbocycles. The second-order valence-electron chi connectivity index (χ2n) is 4.97. The van der Waals surface area contributed by atoms with Crippen molar-refractivity contribution in [3.8, 4) is 0 Å². The van der Waals surface area contributed by atoms with Crippen molar-refractivity contribution in [2.75, 3.05) is 19.6 Å². The van der Waals surface area contributed by atoms with Gasteiger partial charge in [0.15, 0.2) is 0 Å². The van der Waals surface area contributed by atoms with E-state index in [0.717, 1.165) is 36.4 Å². The number of hydrogen-bond donors (Lipinski definition) is 2.